The first-order chi connectivity index (χ1) is 8.18. The van der Waals surface area contributed by atoms with Gasteiger partial charge in [-0.05, 0) is 37.5 Å². The molecule has 1 aromatic heterocycles. The Labute approximate surface area is 99.4 Å². The maximum absolute atomic E-state index is 10.8. The first-order valence-electron chi connectivity index (χ1n) is 5.96. The zero-order chi connectivity index (χ0) is 12.3. The van der Waals surface area contributed by atoms with Crippen LogP contribution in [0.3, 0.4) is 0 Å². The molecule has 0 radical (unpaired) electrons. The molecule has 1 aromatic rings. The smallest absolute Gasteiger partial charge is 0.377 e. The second kappa shape index (κ2) is 4.83. The third kappa shape index (κ3) is 2.31. The molecule has 1 aliphatic heterocycles. The largest absolute Gasteiger partial charge is 0.475 e. The molecule has 0 aromatic carbocycles. The van der Waals surface area contributed by atoms with Crippen LogP contribution in [0.5, 0.6) is 0 Å². The van der Waals surface area contributed by atoms with Gasteiger partial charge >= 0.3 is 5.97 Å². The summed E-state index contributed by atoms with van der Waals surface area (Å²) in [5.41, 5.74) is -0.138. The molecule has 2 N–H and O–H groups in total. The zero-order valence-electron chi connectivity index (χ0n) is 9.90. The summed E-state index contributed by atoms with van der Waals surface area (Å²) in [6.07, 6.45) is 3.81. The van der Waals surface area contributed by atoms with Crippen molar-refractivity contribution in [2.24, 2.45) is 0 Å². The number of nitrogens with one attached hydrogen (secondary N) is 1. The van der Waals surface area contributed by atoms with E-state index in [-0.39, 0.29) is 11.2 Å². The highest BCUT2D eigenvalue weighted by atomic mass is 16.5. The van der Waals surface area contributed by atoms with Crippen LogP contribution in [0.25, 0.3) is 0 Å². The van der Waals surface area contributed by atoms with Crippen molar-refractivity contribution >= 4 is 5.97 Å². The summed E-state index contributed by atoms with van der Waals surface area (Å²) >= 11 is 0. The van der Waals surface area contributed by atoms with Gasteiger partial charge in [-0.3, -0.25) is 0 Å². The molecule has 0 spiro atoms. The molecule has 0 saturated carbocycles. The highest BCUT2D eigenvalue weighted by molar-refractivity contribution is 5.82. The quantitative estimate of drug-likeness (QED) is 0.820. The normalized spacial score (nSPS) is 19.1. The number of piperidine rings is 1. The van der Waals surface area contributed by atoms with Gasteiger partial charge in [0.15, 0.2) is 0 Å². The van der Waals surface area contributed by atoms with Crippen LogP contribution in [0.2, 0.25) is 0 Å². The van der Waals surface area contributed by atoms with E-state index in [9.17, 15) is 4.79 Å². The number of aromatic carboxylic acids is 1. The number of carboxylic acids is 1. The Kier molecular flexibility index (Phi) is 3.42. The van der Waals surface area contributed by atoms with Crippen molar-refractivity contribution < 1.29 is 14.4 Å². The van der Waals surface area contributed by atoms with E-state index in [2.05, 4.69) is 22.4 Å². The van der Waals surface area contributed by atoms with Gasteiger partial charge in [0.05, 0.1) is 5.41 Å². The molecule has 1 aliphatic rings. The van der Waals surface area contributed by atoms with E-state index in [0.29, 0.717) is 5.89 Å². The molecule has 6 heteroatoms. The van der Waals surface area contributed by atoms with Gasteiger partial charge in [0.2, 0.25) is 5.89 Å². The van der Waals surface area contributed by atoms with Crippen LogP contribution >= 0.6 is 0 Å². The first kappa shape index (κ1) is 12.0. The van der Waals surface area contributed by atoms with Gasteiger partial charge < -0.3 is 14.9 Å². The number of hydrogen-bond acceptors (Lipinski definition) is 5. The van der Waals surface area contributed by atoms with Gasteiger partial charge in [-0.15, -0.1) is 0 Å². The van der Waals surface area contributed by atoms with E-state index < -0.39 is 5.97 Å². The van der Waals surface area contributed by atoms with Crippen LogP contribution in [-0.2, 0) is 5.41 Å². The number of hydrogen-bond donors (Lipinski definition) is 2. The molecule has 1 saturated heterocycles. The van der Waals surface area contributed by atoms with E-state index in [0.717, 1.165) is 38.8 Å². The Balaban J connectivity index is 2.27. The molecule has 94 valence electrons. The molecule has 2 heterocycles. The summed E-state index contributed by atoms with van der Waals surface area (Å²) in [6, 6.07) is 0. The van der Waals surface area contributed by atoms with Crippen LogP contribution in [0.15, 0.2) is 4.52 Å². The van der Waals surface area contributed by atoms with Crippen molar-refractivity contribution in [3.63, 3.8) is 0 Å². The molecule has 0 amide bonds. The second-order valence-corrected chi connectivity index (χ2v) is 4.51. The highest BCUT2D eigenvalue weighted by Crippen LogP contribution is 2.36. The van der Waals surface area contributed by atoms with Crippen molar-refractivity contribution in [2.45, 2.75) is 38.0 Å². The summed E-state index contributed by atoms with van der Waals surface area (Å²) in [7, 11) is 0. The maximum atomic E-state index is 10.8. The average molecular weight is 239 g/mol. The van der Waals surface area contributed by atoms with Crippen LogP contribution < -0.4 is 5.32 Å². The molecular formula is C11H17N3O3. The standard InChI is InChI=1S/C11H17N3O3/c1-2-3-11(4-6-12-7-5-11)10-13-8(9(15)16)14-17-10/h12H,2-7H2,1H3,(H,15,16). The minimum Gasteiger partial charge on any atom is -0.475 e. The van der Waals surface area contributed by atoms with Crippen molar-refractivity contribution in [3.8, 4) is 0 Å². The van der Waals surface area contributed by atoms with Crippen molar-refractivity contribution in [2.75, 3.05) is 13.1 Å². The summed E-state index contributed by atoms with van der Waals surface area (Å²) in [4.78, 5) is 14.8. The first-order valence-corrected chi connectivity index (χ1v) is 5.96. The van der Waals surface area contributed by atoms with Crippen molar-refractivity contribution in [1.82, 2.24) is 15.5 Å². The van der Waals surface area contributed by atoms with Gasteiger partial charge in [-0.25, -0.2) is 4.79 Å². The number of carboxylic acid groups (broad SMARTS) is 1. The number of carbonyl (C=O) groups is 1. The predicted molar refractivity (Wildman–Crippen MR) is 59.9 cm³/mol. The third-order valence-electron chi connectivity index (χ3n) is 3.36. The topological polar surface area (TPSA) is 88.2 Å². The SMILES string of the molecule is CCCC1(c2nc(C(=O)O)no2)CCNCC1. The Morgan fingerprint density at radius 1 is 1.53 bits per heavy atom. The summed E-state index contributed by atoms with van der Waals surface area (Å²) in [5.74, 6) is -0.896. The number of nitrogens with zero attached hydrogens (tertiary/aromatic N) is 2. The predicted octanol–water partition coefficient (Wildman–Crippen LogP) is 1.19. The van der Waals surface area contributed by atoms with E-state index in [1.807, 2.05) is 0 Å². The molecule has 1 fully saturated rings. The van der Waals surface area contributed by atoms with E-state index >= 15 is 0 Å². The fourth-order valence-corrected chi connectivity index (χ4v) is 2.48. The van der Waals surface area contributed by atoms with E-state index in [4.69, 9.17) is 9.63 Å². The maximum Gasteiger partial charge on any atom is 0.377 e. The lowest BCUT2D eigenvalue weighted by Crippen LogP contribution is -2.40. The molecule has 0 atom stereocenters. The van der Waals surface area contributed by atoms with Crippen LogP contribution in [0.1, 0.15) is 49.1 Å². The molecule has 0 aliphatic carbocycles. The second-order valence-electron chi connectivity index (χ2n) is 4.51. The highest BCUT2D eigenvalue weighted by Gasteiger charge is 2.38. The lowest BCUT2D eigenvalue weighted by atomic mass is 9.75. The summed E-state index contributed by atoms with van der Waals surface area (Å²) < 4.78 is 5.15. The Hall–Kier alpha value is -1.43. The fourth-order valence-electron chi connectivity index (χ4n) is 2.48. The minimum absolute atomic E-state index is 0.138. The Morgan fingerprint density at radius 2 is 2.24 bits per heavy atom. The Bertz CT molecular complexity index is 391. The molecule has 6 nitrogen and oxygen atoms in total. The zero-order valence-corrected chi connectivity index (χ0v) is 9.90. The van der Waals surface area contributed by atoms with Gasteiger partial charge in [0.25, 0.3) is 5.82 Å². The van der Waals surface area contributed by atoms with E-state index in [1.165, 1.54) is 0 Å². The fraction of sp³-hybridized carbons (Fsp3) is 0.727. The lowest BCUT2D eigenvalue weighted by molar-refractivity contribution is 0.0680. The number of rotatable bonds is 4. The van der Waals surface area contributed by atoms with E-state index in [1.54, 1.807) is 0 Å². The Morgan fingerprint density at radius 3 is 2.76 bits per heavy atom. The summed E-state index contributed by atoms with van der Waals surface area (Å²) in [5, 5.41) is 15.6. The molecule has 2 rings (SSSR count). The molecule has 17 heavy (non-hydrogen) atoms. The van der Waals surface area contributed by atoms with Crippen molar-refractivity contribution in [1.29, 1.82) is 0 Å². The third-order valence-corrected chi connectivity index (χ3v) is 3.36. The van der Waals surface area contributed by atoms with Gasteiger partial charge in [0.1, 0.15) is 0 Å². The van der Waals surface area contributed by atoms with Crippen molar-refractivity contribution in [3.05, 3.63) is 11.7 Å². The van der Waals surface area contributed by atoms with Gasteiger partial charge in [-0.2, -0.15) is 4.98 Å². The van der Waals surface area contributed by atoms with Crippen LogP contribution in [-0.4, -0.2) is 34.3 Å². The van der Waals surface area contributed by atoms with Crippen LogP contribution in [0.4, 0.5) is 0 Å². The number of aromatic nitrogens is 2. The molecule has 0 bridgehead atoms. The van der Waals surface area contributed by atoms with Gasteiger partial charge in [0, 0.05) is 0 Å². The minimum atomic E-state index is -1.14. The summed E-state index contributed by atoms with van der Waals surface area (Å²) in [6.45, 7) is 3.92. The van der Waals surface area contributed by atoms with Gasteiger partial charge in [-0.1, -0.05) is 13.3 Å². The average Bonchev–Trinajstić information content (AvgIpc) is 2.80. The lowest BCUT2D eigenvalue weighted by Gasteiger charge is -2.34. The molecular weight excluding hydrogens is 222 g/mol. The molecule has 0 unspecified atom stereocenters. The monoisotopic (exact) mass is 239 g/mol. The van der Waals surface area contributed by atoms with Crippen LogP contribution in [0, 0.1) is 0 Å².